The lowest BCUT2D eigenvalue weighted by Crippen LogP contribution is -2.40. The second-order valence-corrected chi connectivity index (χ2v) is 12.8. The standard InChI is InChI=1S/C38H31N5O4S/c1-23-13-17-27(18-14-23)35-34(36(44)40-28-9-5-4-6-10-28)24(2)39-38-42(35)37(45)33(48-38)21-31-25(3)41(32-12-8-7-11-30(31)32)22-26-15-19-29(20-16-26)43(46)47/h4-21,35H,22H2,1-3H3,(H,40,44)/b33-21-/t35-/m0/s1. The number of aromatic nitrogens is 2. The van der Waals surface area contributed by atoms with Crippen LogP contribution in [0.25, 0.3) is 17.0 Å². The number of nitro groups is 1. The van der Waals surface area contributed by atoms with Gasteiger partial charge in [0.1, 0.15) is 0 Å². The molecule has 48 heavy (non-hydrogen) atoms. The van der Waals surface area contributed by atoms with E-state index in [0.29, 0.717) is 32.8 Å². The molecule has 9 nitrogen and oxygen atoms in total. The van der Waals surface area contributed by atoms with Crippen LogP contribution in [0.15, 0.2) is 124 Å². The third-order valence-corrected chi connectivity index (χ3v) is 9.72. The van der Waals surface area contributed by atoms with Crippen molar-refractivity contribution in [2.75, 3.05) is 5.32 Å². The first-order chi connectivity index (χ1) is 23.2. The van der Waals surface area contributed by atoms with E-state index in [9.17, 15) is 19.7 Å². The highest BCUT2D eigenvalue weighted by Gasteiger charge is 2.32. The Morgan fingerprint density at radius 3 is 2.33 bits per heavy atom. The Hall–Kier alpha value is -5.87. The molecule has 1 aliphatic rings. The van der Waals surface area contributed by atoms with E-state index in [1.807, 2.05) is 106 Å². The van der Waals surface area contributed by atoms with Crippen molar-refractivity contribution in [1.82, 2.24) is 9.13 Å². The largest absolute Gasteiger partial charge is 0.340 e. The molecule has 0 unspecified atom stereocenters. The number of hydrogen-bond donors (Lipinski definition) is 1. The number of hydrogen-bond acceptors (Lipinski definition) is 6. The molecule has 4 aromatic carbocycles. The molecule has 2 aromatic heterocycles. The van der Waals surface area contributed by atoms with Gasteiger partial charge in [-0.15, -0.1) is 0 Å². The van der Waals surface area contributed by atoms with Crippen LogP contribution in [-0.2, 0) is 11.3 Å². The van der Waals surface area contributed by atoms with E-state index in [-0.39, 0.29) is 17.2 Å². The number of nitro benzene ring substituents is 1. The van der Waals surface area contributed by atoms with Gasteiger partial charge >= 0.3 is 0 Å². The monoisotopic (exact) mass is 653 g/mol. The number of nitrogens with zero attached hydrogens (tertiary/aromatic N) is 4. The van der Waals surface area contributed by atoms with Crippen molar-refractivity contribution < 1.29 is 9.72 Å². The van der Waals surface area contributed by atoms with Gasteiger partial charge in [-0.2, -0.15) is 0 Å². The smallest absolute Gasteiger partial charge is 0.271 e. The van der Waals surface area contributed by atoms with Gasteiger partial charge < -0.3 is 9.88 Å². The maximum Gasteiger partial charge on any atom is 0.271 e. The molecule has 0 saturated heterocycles. The third-order valence-electron chi connectivity index (χ3n) is 8.73. The summed E-state index contributed by atoms with van der Waals surface area (Å²) < 4.78 is 4.30. The molecule has 0 spiro atoms. The number of non-ortho nitro benzene ring substituents is 1. The Bertz CT molecular complexity index is 2440. The molecule has 7 rings (SSSR count). The number of carbonyl (C=O) groups excluding carboxylic acids is 1. The quantitative estimate of drug-likeness (QED) is 0.159. The fourth-order valence-corrected chi connectivity index (χ4v) is 7.30. The minimum absolute atomic E-state index is 0.0452. The summed E-state index contributed by atoms with van der Waals surface area (Å²) in [6.45, 7) is 6.33. The summed E-state index contributed by atoms with van der Waals surface area (Å²) in [5.74, 6) is -0.313. The van der Waals surface area contributed by atoms with Gasteiger partial charge in [0.2, 0.25) is 0 Å². The number of benzene rings is 4. The third kappa shape index (κ3) is 5.56. The summed E-state index contributed by atoms with van der Waals surface area (Å²) in [5, 5.41) is 15.2. The number of allylic oxidation sites excluding steroid dienone is 1. The zero-order chi connectivity index (χ0) is 33.5. The number of rotatable bonds is 7. The van der Waals surface area contributed by atoms with E-state index in [2.05, 4.69) is 9.88 Å². The SMILES string of the molecule is CC1=C(C(=O)Nc2ccccc2)[C@H](c2ccc(C)cc2)n2c(s/c(=C\c3c(C)n(Cc4ccc([N+](=O)[O-])cc4)c4ccccc34)c2=O)=N1. The van der Waals surface area contributed by atoms with Crippen molar-refractivity contribution in [3.8, 4) is 0 Å². The van der Waals surface area contributed by atoms with Gasteiger partial charge in [0, 0.05) is 46.5 Å². The van der Waals surface area contributed by atoms with Crippen LogP contribution in [0.2, 0.25) is 0 Å². The van der Waals surface area contributed by atoms with E-state index >= 15 is 0 Å². The number of amides is 1. The van der Waals surface area contributed by atoms with E-state index in [0.717, 1.165) is 38.9 Å². The van der Waals surface area contributed by atoms with Crippen LogP contribution in [0, 0.1) is 24.0 Å². The molecule has 0 fully saturated rings. The number of thiazole rings is 1. The van der Waals surface area contributed by atoms with Gasteiger partial charge in [-0.3, -0.25) is 24.3 Å². The molecule has 1 N–H and O–H groups in total. The fourth-order valence-electron chi connectivity index (χ4n) is 6.28. The Balaban J connectivity index is 1.36. The van der Waals surface area contributed by atoms with Crippen molar-refractivity contribution in [3.63, 3.8) is 0 Å². The first-order valence-corrected chi connectivity index (χ1v) is 16.3. The number of para-hydroxylation sites is 2. The molecular formula is C38H31N5O4S. The molecule has 10 heteroatoms. The molecule has 1 aliphatic heterocycles. The molecule has 0 saturated carbocycles. The maximum absolute atomic E-state index is 14.4. The predicted octanol–water partition coefficient (Wildman–Crippen LogP) is 6.40. The van der Waals surface area contributed by atoms with Gasteiger partial charge in [0.05, 0.1) is 26.8 Å². The number of anilines is 1. The highest BCUT2D eigenvalue weighted by Crippen LogP contribution is 2.32. The summed E-state index contributed by atoms with van der Waals surface area (Å²) in [6.07, 6.45) is 1.92. The van der Waals surface area contributed by atoms with Crippen LogP contribution in [0.1, 0.15) is 40.9 Å². The van der Waals surface area contributed by atoms with Crippen molar-refractivity contribution in [2.45, 2.75) is 33.4 Å². The topological polar surface area (TPSA) is 112 Å². The van der Waals surface area contributed by atoms with Crippen LogP contribution in [0.5, 0.6) is 0 Å². The lowest BCUT2D eigenvalue weighted by Gasteiger charge is -2.25. The molecule has 0 bridgehead atoms. The average Bonchev–Trinajstić information content (AvgIpc) is 3.53. The Morgan fingerprint density at radius 2 is 1.62 bits per heavy atom. The Morgan fingerprint density at radius 1 is 0.938 bits per heavy atom. The molecule has 1 atom stereocenters. The summed E-state index contributed by atoms with van der Waals surface area (Å²) in [4.78, 5) is 44.4. The highest BCUT2D eigenvalue weighted by atomic mass is 32.1. The lowest BCUT2D eigenvalue weighted by atomic mass is 9.94. The van der Waals surface area contributed by atoms with Gasteiger partial charge in [0.25, 0.3) is 17.2 Å². The molecule has 1 amide bonds. The second kappa shape index (κ2) is 12.4. The van der Waals surface area contributed by atoms with Crippen LogP contribution in [-0.4, -0.2) is 20.0 Å². The minimum Gasteiger partial charge on any atom is -0.340 e. The first kappa shape index (κ1) is 30.8. The molecule has 0 aliphatic carbocycles. The van der Waals surface area contributed by atoms with Crippen LogP contribution in [0.4, 0.5) is 11.4 Å². The van der Waals surface area contributed by atoms with Gasteiger partial charge in [-0.05, 0) is 56.2 Å². The van der Waals surface area contributed by atoms with Crippen LogP contribution in [0.3, 0.4) is 0 Å². The van der Waals surface area contributed by atoms with Crippen molar-refractivity contribution in [1.29, 1.82) is 0 Å². The lowest BCUT2D eigenvalue weighted by molar-refractivity contribution is -0.384. The molecular weight excluding hydrogens is 623 g/mol. The first-order valence-electron chi connectivity index (χ1n) is 15.5. The van der Waals surface area contributed by atoms with Crippen molar-refractivity contribution in [2.24, 2.45) is 4.99 Å². The van der Waals surface area contributed by atoms with Gasteiger partial charge in [0.15, 0.2) is 4.80 Å². The number of fused-ring (bicyclic) bond motifs is 2. The Kier molecular flexibility index (Phi) is 7.94. The predicted molar refractivity (Wildman–Crippen MR) is 189 cm³/mol. The molecule has 238 valence electrons. The van der Waals surface area contributed by atoms with Crippen LogP contribution < -0.4 is 20.2 Å². The van der Waals surface area contributed by atoms with E-state index in [1.165, 1.54) is 23.5 Å². The van der Waals surface area contributed by atoms with E-state index in [1.54, 1.807) is 16.7 Å². The summed E-state index contributed by atoms with van der Waals surface area (Å²) in [6, 6.07) is 31.0. The Labute approximate surface area is 279 Å². The van der Waals surface area contributed by atoms with Crippen LogP contribution >= 0.6 is 11.3 Å². The summed E-state index contributed by atoms with van der Waals surface area (Å²) in [5.41, 5.74) is 7.10. The maximum atomic E-state index is 14.4. The van der Waals surface area contributed by atoms with Gasteiger partial charge in [-0.25, -0.2) is 4.99 Å². The molecule has 3 heterocycles. The van der Waals surface area contributed by atoms with Crippen molar-refractivity contribution >= 4 is 45.6 Å². The summed E-state index contributed by atoms with van der Waals surface area (Å²) in [7, 11) is 0. The molecule has 6 aromatic rings. The summed E-state index contributed by atoms with van der Waals surface area (Å²) >= 11 is 1.30. The van der Waals surface area contributed by atoms with Crippen molar-refractivity contribution in [3.05, 3.63) is 172 Å². The fraction of sp³-hybridized carbons (Fsp3) is 0.132. The molecule has 0 radical (unpaired) electrons. The van der Waals surface area contributed by atoms with E-state index in [4.69, 9.17) is 4.99 Å². The number of nitrogens with one attached hydrogen (secondary N) is 1. The van der Waals surface area contributed by atoms with E-state index < -0.39 is 11.0 Å². The second-order valence-electron chi connectivity index (χ2n) is 11.8. The normalized spacial score (nSPS) is 14.6. The van der Waals surface area contributed by atoms with Gasteiger partial charge in [-0.1, -0.05) is 89.7 Å². The average molecular weight is 654 g/mol. The zero-order valence-corrected chi connectivity index (χ0v) is 27.3. The highest BCUT2D eigenvalue weighted by molar-refractivity contribution is 7.07. The number of carbonyl (C=O) groups is 1. The zero-order valence-electron chi connectivity index (χ0n) is 26.5. The minimum atomic E-state index is -0.669. The number of aryl methyl sites for hydroxylation is 1.